The van der Waals surface area contributed by atoms with Crippen molar-refractivity contribution in [2.75, 3.05) is 20.1 Å². The summed E-state index contributed by atoms with van der Waals surface area (Å²) in [6, 6.07) is 0.437. The van der Waals surface area contributed by atoms with Gasteiger partial charge in [0.05, 0.1) is 0 Å². The number of carbonyl (C=O) groups excluding carboxylic acids is 1. The van der Waals surface area contributed by atoms with E-state index in [9.17, 15) is 4.79 Å². The monoisotopic (exact) mass is 246 g/mol. The van der Waals surface area contributed by atoms with Crippen LogP contribution < -0.4 is 5.32 Å². The molecule has 1 unspecified atom stereocenters. The van der Waals surface area contributed by atoms with E-state index in [1.165, 1.54) is 25.7 Å². The van der Waals surface area contributed by atoms with Gasteiger partial charge in [-0.25, -0.2) is 0 Å². The molecule has 0 aromatic carbocycles. The summed E-state index contributed by atoms with van der Waals surface area (Å²) in [6.07, 6.45) is 7.09. The predicted molar refractivity (Wildman–Crippen MR) is 67.9 cm³/mol. The third-order valence-electron chi connectivity index (χ3n) is 3.87. The minimum atomic E-state index is 0. The number of hydrogen-bond acceptors (Lipinski definition) is 2. The van der Waals surface area contributed by atoms with Gasteiger partial charge in [0.2, 0.25) is 5.91 Å². The maximum absolute atomic E-state index is 12.1. The minimum absolute atomic E-state index is 0. The first-order valence-corrected chi connectivity index (χ1v) is 6.26. The third kappa shape index (κ3) is 3.11. The number of nitrogens with one attached hydrogen (secondary N) is 1. The van der Waals surface area contributed by atoms with E-state index in [-0.39, 0.29) is 12.4 Å². The van der Waals surface area contributed by atoms with Crippen LogP contribution in [0.25, 0.3) is 0 Å². The Labute approximate surface area is 104 Å². The summed E-state index contributed by atoms with van der Waals surface area (Å²) in [7, 11) is 1.98. The Balaban J connectivity index is 0.00000128. The number of halogens is 1. The molecule has 1 amide bonds. The molecule has 0 aromatic rings. The quantitative estimate of drug-likeness (QED) is 0.806. The highest BCUT2D eigenvalue weighted by molar-refractivity contribution is 5.85. The molecule has 0 bridgehead atoms. The highest BCUT2D eigenvalue weighted by Gasteiger charge is 2.29. The molecule has 2 fully saturated rings. The van der Waals surface area contributed by atoms with Crippen molar-refractivity contribution in [3.8, 4) is 0 Å². The molecule has 3 nitrogen and oxygen atoms in total. The summed E-state index contributed by atoms with van der Waals surface area (Å²) < 4.78 is 0. The van der Waals surface area contributed by atoms with Crippen molar-refractivity contribution < 1.29 is 4.79 Å². The number of piperidine rings is 1. The van der Waals surface area contributed by atoms with Gasteiger partial charge < -0.3 is 10.2 Å². The second kappa shape index (κ2) is 6.45. The molecular formula is C12H23ClN2O. The Morgan fingerprint density at radius 3 is 2.44 bits per heavy atom. The zero-order valence-corrected chi connectivity index (χ0v) is 10.9. The molecule has 1 heterocycles. The van der Waals surface area contributed by atoms with Crippen LogP contribution in [0.4, 0.5) is 0 Å². The lowest BCUT2D eigenvalue weighted by atomic mass is 10.0. The number of rotatable bonds is 2. The second-order valence-corrected chi connectivity index (χ2v) is 4.93. The Kier molecular flexibility index (Phi) is 5.56. The van der Waals surface area contributed by atoms with Gasteiger partial charge in [-0.05, 0) is 32.2 Å². The molecule has 16 heavy (non-hydrogen) atoms. The molecule has 2 aliphatic rings. The zero-order valence-electron chi connectivity index (χ0n) is 10.1. The Bertz CT molecular complexity index is 223. The van der Waals surface area contributed by atoms with Crippen molar-refractivity contribution in [3.63, 3.8) is 0 Å². The first kappa shape index (κ1) is 13.8. The highest BCUT2D eigenvalue weighted by atomic mass is 35.5. The summed E-state index contributed by atoms with van der Waals surface area (Å²) in [6.45, 7) is 2.09. The molecular weight excluding hydrogens is 224 g/mol. The van der Waals surface area contributed by atoms with E-state index in [1.807, 2.05) is 11.9 Å². The van der Waals surface area contributed by atoms with Crippen LogP contribution in [-0.2, 0) is 4.79 Å². The topological polar surface area (TPSA) is 32.3 Å². The molecule has 0 radical (unpaired) electrons. The van der Waals surface area contributed by atoms with Crippen molar-refractivity contribution in [2.45, 2.75) is 44.6 Å². The lowest BCUT2D eigenvalue weighted by Gasteiger charge is -2.33. The largest absolute Gasteiger partial charge is 0.341 e. The molecule has 1 atom stereocenters. The molecule has 2 rings (SSSR count). The van der Waals surface area contributed by atoms with Gasteiger partial charge in [-0.3, -0.25) is 4.79 Å². The normalized spacial score (nSPS) is 26.2. The molecule has 1 aliphatic heterocycles. The summed E-state index contributed by atoms with van der Waals surface area (Å²) in [5.41, 5.74) is 0. The summed E-state index contributed by atoms with van der Waals surface area (Å²) in [5, 5.41) is 3.37. The van der Waals surface area contributed by atoms with E-state index in [0.717, 1.165) is 25.9 Å². The van der Waals surface area contributed by atoms with Gasteiger partial charge in [-0.15, -0.1) is 12.4 Å². The number of hydrogen-bond donors (Lipinski definition) is 1. The van der Waals surface area contributed by atoms with Crippen LogP contribution in [0.5, 0.6) is 0 Å². The lowest BCUT2D eigenvalue weighted by Crippen LogP contribution is -2.48. The first-order valence-electron chi connectivity index (χ1n) is 6.26. The summed E-state index contributed by atoms with van der Waals surface area (Å²) in [4.78, 5) is 14.1. The van der Waals surface area contributed by atoms with Crippen LogP contribution in [0.15, 0.2) is 0 Å². The van der Waals surface area contributed by atoms with E-state index in [0.29, 0.717) is 17.9 Å². The van der Waals surface area contributed by atoms with E-state index in [1.54, 1.807) is 0 Å². The van der Waals surface area contributed by atoms with Gasteiger partial charge in [-0.1, -0.05) is 12.8 Å². The fourth-order valence-electron chi connectivity index (χ4n) is 2.80. The molecule has 94 valence electrons. The average molecular weight is 247 g/mol. The molecule has 0 aromatic heterocycles. The van der Waals surface area contributed by atoms with Gasteiger partial charge in [0.15, 0.2) is 0 Å². The Hall–Kier alpha value is -0.280. The second-order valence-electron chi connectivity index (χ2n) is 4.93. The van der Waals surface area contributed by atoms with Gasteiger partial charge in [-0.2, -0.15) is 0 Å². The van der Waals surface area contributed by atoms with Crippen LogP contribution in [0, 0.1) is 5.92 Å². The standard InChI is InChI=1S/C12H22N2O.ClH/c1-14(11-7-4-8-13-9-11)12(15)10-5-2-3-6-10;/h10-11,13H,2-9H2,1H3;1H. The molecule has 1 aliphatic carbocycles. The number of likely N-dealkylation sites (N-methyl/N-ethyl adjacent to an activating group) is 1. The van der Waals surface area contributed by atoms with Crippen molar-refractivity contribution in [1.29, 1.82) is 0 Å². The van der Waals surface area contributed by atoms with Gasteiger partial charge >= 0.3 is 0 Å². The number of amides is 1. The first-order chi connectivity index (χ1) is 7.29. The third-order valence-corrected chi connectivity index (χ3v) is 3.87. The van der Waals surface area contributed by atoms with Crippen LogP contribution in [0.3, 0.4) is 0 Å². The van der Waals surface area contributed by atoms with Crippen molar-refractivity contribution >= 4 is 18.3 Å². The maximum atomic E-state index is 12.1. The highest BCUT2D eigenvalue weighted by Crippen LogP contribution is 2.27. The van der Waals surface area contributed by atoms with Gasteiger partial charge in [0.25, 0.3) is 0 Å². The van der Waals surface area contributed by atoms with E-state index >= 15 is 0 Å². The zero-order chi connectivity index (χ0) is 10.7. The van der Waals surface area contributed by atoms with E-state index in [4.69, 9.17) is 0 Å². The van der Waals surface area contributed by atoms with Crippen LogP contribution >= 0.6 is 12.4 Å². The molecule has 0 spiro atoms. The van der Waals surface area contributed by atoms with Gasteiger partial charge in [0, 0.05) is 25.6 Å². The number of carbonyl (C=O) groups is 1. The van der Waals surface area contributed by atoms with Gasteiger partial charge in [0.1, 0.15) is 0 Å². The maximum Gasteiger partial charge on any atom is 0.225 e. The fraction of sp³-hybridized carbons (Fsp3) is 0.917. The summed E-state index contributed by atoms with van der Waals surface area (Å²) in [5.74, 6) is 0.720. The fourth-order valence-corrected chi connectivity index (χ4v) is 2.80. The SMILES string of the molecule is CN(C(=O)C1CCCC1)C1CCCNC1.Cl. The van der Waals surface area contributed by atoms with Crippen molar-refractivity contribution in [2.24, 2.45) is 5.92 Å². The smallest absolute Gasteiger partial charge is 0.225 e. The van der Waals surface area contributed by atoms with Crippen LogP contribution in [0.1, 0.15) is 38.5 Å². The average Bonchev–Trinajstić information content (AvgIpc) is 2.82. The minimum Gasteiger partial charge on any atom is -0.341 e. The van der Waals surface area contributed by atoms with Crippen LogP contribution in [-0.4, -0.2) is 37.0 Å². The predicted octanol–water partition coefficient (Wildman–Crippen LogP) is 1.81. The molecule has 1 saturated heterocycles. The number of nitrogens with zero attached hydrogens (tertiary/aromatic N) is 1. The van der Waals surface area contributed by atoms with Crippen molar-refractivity contribution in [1.82, 2.24) is 10.2 Å². The Morgan fingerprint density at radius 1 is 1.19 bits per heavy atom. The summed E-state index contributed by atoms with van der Waals surface area (Å²) >= 11 is 0. The molecule has 4 heteroatoms. The molecule has 1 N–H and O–H groups in total. The van der Waals surface area contributed by atoms with E-state index in [2.05, 4.69) is 5.32 Å². The van der Waals surface area contributed by atoms with Crippen LogP contribution in [0.2, 0.25) is 0 Å². The van der Waals surface area contributed by atoms with E-state index < -0.39 is 0 Å². The molecule has 1 saturated carbocycles. The lowest BCUT2D eigenvalue weighted by molar-refractivity contribution is -0.136. The van der Waals surface area contributed by atoms with Crippen molar-refractivity contribution in [3.05, 3.63) is 0 Å². The Morgan fingerprint density at radius 2 is 1.88 bits per heavy atom.